The Morgan fingerprint density at radius 3 is 2.88 bits per heavy atom. The molecule has 2 aromatic heterocycles. The molecule has 2 aliphatic heterocycles. The molecule has 4 aromatic rings. The molecular weight excluding hydrogens is 419 g/mol. The molecule has 166 valence electrons. The number of rotatable bonds is 3. The number of anilines is 1. The highest BCUT2D eigenvalue weighted by molar-refractivity contribution is 6.01. The molecule has 2 aromatic carbocycles. The number of amides is 1. The van der Waals surface area contributed by atoms with E-state index in [0.717, 1.165) is 36.3 Å². The van der Waals surface area contributed by atoms with E-state index in [1.54, 1.807) is 12.3 Å². The molecule has 33 heavy (non-hydrogen) atoms. The molecule has 6 nitrogen and oxygen atoms in total. The van der Waals surface area contributed by atoms with Crippen LogP contribution in [0.25, 0.3) is 22.4 Å². The summed E-state index contributed by atoms with van der Waals surface area (Å²) in [5.41, 5.74) is 4.44. The van der Waals surface area contributed by atoms with Gasteiger partial charge < -0.3 is 14.2 Å². The molecule has 2 atom stereocenters. The summed E-state index contributed by atoms with van der Waals surface area (Å²) in [7, 11) is 0. The lowest BCUT2D eigenvalue weighted by atomic mass is 9.81. The molecule has 0 spiro atoms. The number of oxazole rings is 1. The van der Waals surface area contributed by atoms with Gasteiger partial charge in [-0.25, -0.2) is 4.39 Å². The van der Waals surface area contributed by atoms with Crippen LogP contribution >= 0.6 is 0 Å². The van der Waals surface area contributed by atoms with Crippen molar-refractivity contribution in [1.29, 1.82) is 0 Å². The zero-order valence-corrected chi connectivity index (χ0v) is 18.2. The first-order valence-corrected chi connectivity index (χ1v) is 11.2. The van der Waals surface area contributed by atoms with E-state index in [1.807, 2.05) is 48.2 Å². The third kappa shape index (κ3) is 3.44. The van der Waals surface area contributed by atoms with Crippen LogP contribution in [0.5, 0.6) is 0 Å². The van der Waals surface area contributed by atoms with Gasteiger partial charge in [-0.05, 0) is 43.7 Å². The maximum Gasteiger partial charge on any atom is 0.298 e. The molecule has 0 N–H and O–H groups in total. The number of hydrogen-bond donors (Lipinski definition) is 0. The fraction of sp³-hybridized carbons (Fsp3) is 0.269. The van der Waals surface area contributed by atoms with Crippen molar-refractivity contribution in [3.8, 4) is 11.3 Å². The smallest absolute Gasteiger partial charge is 0.298 e. The highest BCUT2D eigenvalue weighted by Gasteiger charge is 2.46. The summed E-state index contributed by atoms with van der Waals surface area (Å²) >= 11 is 0. The third-order valence-electron chi connectivity index (χ3n) is 6.77. The number of hydrogen-bond acceptors (Lipinski definition) is 5. The van der Waals surface area contributed by atoms with Crippen molar-refractivity contribution in [2.75, 3.05) is 24.5 Å². The van der Waals surface area contributed by atoms with Crippen LogP contribution in [0, 0.1) is 18.7 Å². The summed E-state index contributed by atoms with van der Waals surface area (Å²) in [4.78, 5) is 26.6. The number of fused-ring (bicyclic) bond motifs is 2. The quantitative estimate of drug-likeness (QED) is 0.461. The molecule has 0 saturated carbocycles. The summed E-state index contributed by atoms with van der Waals surface area (Å²) in [6.45, 7) is 4.21. The van der Waals surface area contributed by atoms with E-state index in [0.29, 0.717) is 35.1 Å². The van der Waals surface area contributed by atoms with Gasteiger partial charge in [0.25, 0.3) is 11.9 Å². The van der Waals surface area contributed by atoms with Crippen molar-refractivity contribution < 1.29 is 13.6 Å². The second-order valence-corrected chi connectivity index (χ2v) is 8.89. The Hall–Kier alpha value is -3.74. The van der Waals surface area contributed by atoms with Crippen LogP contribution in [0.2, 0.25) is 0 Å². The zero-order chi connectivity index (χ0) is 22.5. The van der Waals surface area contributed by atoms with E-state index >= 15 is 0 Å². The van der Waals surface area contributed by atoms with Gasteiger partial charge in [-0.2, -0.15) is 4.98 Å². The molecule has 2 fully saturated rings. The van der Waals surface area contributed by atoms with Crippen LogP contribution in [0.15, 0.2) is 65.2 Å². The fourth-order valence-electron chi connectivity index (χ4n) is 4.96. The maximum atomic E-state index is 13.6. The fourth-order valence-corrected chi connectivity index (χ4v) is 4.96. The van der Waals surface area contributed by atoms with Crippen molar-refractivity contribution in [3.05, 3.63) is 77.7 Å². The number of pyridine rings is 1. The number of aryl methyl sites for hydroxylation is 1. The van der Waals surface area contributed by atoms with Crippen molar-refractivity contribution in [1.82, 2.24) is 14.9 Å². The minimum atomic E-state index is -0.335. The van der Waals surface area contributed by atoms with E-state index in [1.165, 1.54) is 12.1 Å². The monoisotopic (exact) mass is 442 g/mol. The topological polar surface area (TPSA) is 62.5 Å². The SMILES string of the molecule is Cc1ccc(-c2ccccn2)c(C(=O)N2C[C@H]3CCN(c4nc5cc(F)ccc5o4)C[C@H]32)c1. The van der Waals surface area contributed by atoms with Gasteiger partial charge >= 0.3 is 0 Å². The Balaban J connectivity index is 1.27. The molecule has 0 bridgehead atoms. The molecule has 0 aliphatic carbocycles. The summed E-state index contributed by atoms with van der Waals surface area (Å²) in [6.07, 6.45) is 2.71. The first-order chi connectivity index (χ1) is 16.1. The van der Waals surface area contributed by atoms with Gasteiger partial charge in [0, 0.05) is 48.9 Å². The molecule has 6 rings (SSSR count). The first-order valence-electron chi connectivity index (χ1n) is 11.2. The van der Waals surface area contributed by atoms with Gasteiger partial charge in [-0.15, -0.1) is 0 Å². The molecule has 2 saturated heterocycles. The van der Waals surface area contributed by atoms with E-state index in [-0.39, 0.29) is 17.8 Å². The molecule has 1 amide bonds. The predicted molar refractivity (Wildman–Crippen MR) is 124 cm³/mol. The second kappa shape index (κ2) is 7.69. The summed E-state index contributed by atoms with van der Waals surface area (Å²) < 4.78 is 19.4. The molecular formula is C26H23FN4O2. The number of aromatic nitrogens is 2. The lowest BCUT2D eigenvalue weighted by molar-refractivity contribution is 0.00733. The maximum absolute atomic E-state index is 13.6. The number of carbonyl (C=O) groups is 1. The number of nitrogens with zero attached hydrogens (tertiary/aromatic N) is 4. The lowest BCUT2D eigenvalue weighted by Gasteiger charge is -2.53. The van der Waals surface area contributed by atoms with Crippen LogP contribution in [0.1, 0.15) is 22.3 Å². The number of piperidine rings is 1. The van der Waals surface area contributed by atoms with E-state index in [4.69, 9.17) is 4.42 Å². The van der Waals surface area contributed by atoms with Gasteiger partial charge in [0.15, 0.2) is 5.58 Å². The van der Waals surface area contributed by atoms with Gasteiger partial charge in [-0.1, -0.05) is 23.8 Å². The average Bonchev–Trinajstić information content (AvgIpc) is 3.23. The second-order valence-electron chi connectivity index (χ2n) is 8.89. The summed E-state index contributed by atoms with van der Waals surface area (Å²) in [6, 6.07) is 16.6. The zero-order valence-electron chi connectivity index (χ0n) is 18.2. The minimum Gasteiger partial charge on any atom is -0.423 e. The van der Waals surface area contributed by atoms with Crippen LogP contribution in [-0.2, 0) is 0 Å². The van der Waals surface area contributed by atoms with Crippen LogP contribution in [0.3, 0.4) is 0 Å². The highest BCUT2D eigenvalue weighted by Crippen LogP contribution is 2.37. The molecule has 7 heteroatoms. The Bertz CT molecular complexity index is 1350. The van der Waals surface area contributed by atoms with Crippen molar-refractivity contribution in [3.63, 3.8) is 0 Å². The van der Waals surface area contributed by atoms with Crippen LogP contribution in [0.4, 0.5) is 10.4 Å². The predicted octanol–water partition coefficient (Wildman–Crippen LogP) is 4.69. The van der Waals surface area contributed by atoms with Gasteiger partial charge in [0.05, 0.1) is 11.7 Å². The Morgan fingerprint density at radius 2 is 2.03 bits per heavy atom. The third-order valence-corrected chi connectivity index (χ3v) is 6.77. The largest absolute Gasteiger partial charge is 0.423 e. The first kappa shape index (κ1) is 19.9. The lowest BCUT2D eigenvalue weighted by Crippen LogP contribution is -2.65. The number of benzene rings is 2. The average molecular weight is 442 g/mol. The summed E-state index contributed by atoms with van der Waals surface area (Å²) in [5.74, 6) is 0.163. The van der Waals surface area contributed by atoms with E-state index in [2.05, 4.69) is 14.9 Å². The Morgan fingerprint density at radius 1 is 1.12 bits per heavy atom. The normalized spacial score (nSPS) is 19.9. The van der Waals surface area contributed by atoms with Crippen LogP contribution < -0.4 is 4.90 Å². The Kier molecular flexibility index (Phi) is 4.64. The van der Waals surface area contributed by atoms with Crippen LogP contribution in [-0.4, -0.2) is 46.5 Å². The number of likely N-dealkylation sites (tertiary alicyclic amines) is 1. The van der Waals surface area contributed by atoms with Crippen molar-refractivity contribution in [2.45, 2.75) is 19.4 Å². The number of carbonyl (C=O) groups excluding carboxylic acids is 1. The Labute approximate surface area is 190 Å². The molecule has 2 aliphatic rings. The molecule has 0 radical (unpaired) electrons. The molecule has 0 unspecified atom stereocenters. The van der Waals surface area contributed by atoms with Gasteiger partial charge in [0.2, 0.25) is 0 Å². The van der Waals surface area contributed by atoms with Crippen molar-refractivity contribution in [2.24, 2.45) is 5.92 Å². The molecule has 4 heterocycles. The van der Waals surface area contributed by atoms with Gasteiger partial charge in [0.1, 0.15) is 11.3 Å². The highest BCUT2D eigenvalue weighted by atomic mass is 19.1. The van der Waals surface area contributed by atoms with Gasteiger partial charge in [-0.3, -0.25) is 9.78 Å². The van der Waals surface area contributed by atoms with E-state index < -0.39 is 0 Å². The summed E-state index contributed by atoms with van der Waals surface area (Å²) in [5, 5.41) is 0. The standard InChI is InChI=1S/C26H23FN4O2/c1-16-5-7-19(21-4-2-3-10-28-21)20(12-16)25(32)31-14-17-9-11-30(15-23(17)31)26-29-22-13-18(27)6-8-24(22)33-26/h2-8,10,12-13,17,23H,9,11,14-15H2,1H3/t17-,23-/m1/s1. The van der Waals surface area contributed by atoms with E-state index in [9.17, 15) is 9.18 Å². The number of halogens is 1. The van der Waals surface area contributed by atoms with Crippen molar-refractivity contribution >= 4 is 23.0 Å². The minimum absolute atomic E-state index is 0.0297.